The van der Waals surface area contributed by atoms with E-state index in [1.165, 1.54) is 0 Å². The van der Waals surface area contributed by atoms with E-state index in [2.05, 4.69) is 9.68 Å². The molecule has 5 N–H and O–H groups in total. The largest absolute Gasteiger partial charge is 0.393 e. The maximum absolute atomic E-state index is 8.45. The van der Waals surface area contributed by atoms with Crippen molar-refractivity contribution in [3.05, 3.63) is 0 Å². The van der Waals surface area contributed by atoms with Crippen LogP contribution in [0.2, 0.25) is 0 Å². The standard InChI is InChI=1S/C3H10N2O7/c6-1-3(12-5(9)10)2-11-4(7)8/h3,6-10H,1-2H2. The van der Waals surface area contributed by atoms with E-state index in [1.54, 1.807) is 0 Å². The first-order valence-corrected chi connectivity index (χ1v) is 2.82. The van der Waals surface area contributed by atoms with Gasteiger partial charge >= 0.3 is 0 Å². The molecule has 0 aliphatic heterocycles. The highest BCUT2D eigenvalue weighted by Gasteiger charge is 2.13. The molecule has 0 aromatic carbocycles. The van der Waals surface area contributed by atoms with Crippen molar-refractivity contribution in [3.63, 3.8) is 0 Å². The highest BCUT2D eigenvalue weighted by atomic mass is 17.1. The Morgan fingerprint density at radius 1 is 1.08 bits per heavy atom. The Kier molecular flexibility index (Phi) is 6.00. The molecule has 1 unspecified atom stereocenters. The molecule has 0 aliphatic carbocycles. The van der Waals surface area contributed by atoms with E-state index in [4.69, 9.17) is 25.9 Å². The monoisotopic (exact) mass is 186 g/mol. The molecule has 0 radical (unpaired) electrons. The van der Waals surface area contributed by atoms with Crippen LogP contribution in [-0.4, -0.2) is 56.0 Å². The number of aliphatic hydroxyl groups is 1. The molecule has 0 aromatic heterocycles. The van der Waals surface area contributed by atoms with Gasteiger partial charge in [-0.2, -0.15) is 0 Å². The molecule has 12 heavy (non-hydrogen) atoms. The van der Waals surface area contributed by atoms with Crippen molar-refractivity contribution in [1.82, 2.24) is 10.8 Å². The summed E-state index contributed by atoms with van der Waals surface area (Å²) in [6, 6.07) is 0. The molecule has 0 saturated carbocycles. The molecule has 0 amide bonds. The SMILES string of the molecule is OCC(CON(O)O)ON(O)O. The summed E-state index contributed by atoms with van der Waals surface area (Å²) < 4.78 is 0. The van der Waals surface area contributed by atoms with Gasteiger partial charge in [0.05, 0.1) is 17.4 Å². The summed E-state index contributed by atoms with van der Waals surface area (Å²) in [5.41, 5.74) is 0. The van der Waals surface area contributed by atoms with Crippen LogP contribution in [0.5, 0.6) is 0 Å². The van der Waals surface area contributed by atoms with Gasteiger partial charge < -0.3 is 5.11 Å². The number of hydrogen-bond donors (Lipinski definition) is 5. The maximum atomic E-state index is 8.45. The Hall–Kier alpha value is -0.360. The average molecular weight is 186 g/mol. The van der Waals surface area contributed by atoms with E-state index in [9.17, 15) is 0 Å². The van der Waals surface area contributed by atoms with Gasteiger partial charge in [-0.1, -0.05) is 0 Å². The van der Waals surface area contributed by atoms with Gasteiger partial charge in [0, 0.05) is 0 Å². The van der Waals surface area contributed by atoms with Gasteiger partial charge in [0.1, 0.15) is 12.7 Å². The number of rotatable bonds is 6. The van der Waals surface area contributed by atoms with Gasteiger partial charge in [-0.15, -0.1) is 0 Å². The van der Waals surface area contributed by atoms with Gasteiger partial charge in [-0.25, -0.2) is 9.68 Å². The zero-order valence-corrected chi connectivity index (χ0v) is 5.94. The van der Waals surface area contributed by atoms with Gasteiger partial charge in [0.2, 0.25) is 0 Å². The number of nitrogens with zero attached hydrogens (tertiary/aromatic N) is 2. The smallest absolute Gasteiger partial charge is 0.133 e. The van der Waals surface area contributed by atoms with Crippen LogP contribution in [0.1, 0.15) is 0 Å². The highest BCUT2D eigenvalue weighted by molar-refractivity contribution is 4.48. The first-order valence-electron chi connectivity index (χ1n) is 2.82. The first kappa shape index (κ1) is 11.6. The van der Waals surface area contributed by atoms with E-state index < -0.39 is 30.1 Å². The Balaban J connectivity index is 3.53. The minimum Gasteiger partial charge on any atom is -0.393 e. The molecule has 0 aromatic rings. The fourth-order valence-corrected chi connectivity index (χ4v) is 0.400. The lowest BCUT2D eigenvalue weighted by atomic mass is 10.4. The van der Waals surface area contributed by atoms with E-state index in [-0.39, 0.29) is 0 Å². The van der Waals surface area contributed by atoms with E-state index >= 15 is 0 Å². The van der Waals surface area contributed by atoms with Crippen LogP contribution >= 0.6 is 0 Å². The minimum atomic E-state index is -1.12. The summed E-state index contributed by atoms with van der Waals surface area (Å²) in [7, 11) is 0. The molecule has 0 fully saturated rings. The second-order valence-corrected chi connectivity index (χ2v) is 1.71. The van der Waals surface area contributed by atoms with Gasteiger partial charge in [-0.05, 0) is 0 Å². The molecule has 0 heterocycles. The van der Waals surface area contributed by atoms with Crippen LogP contribution in [0.15, 0.2) is 0 Å². The third kappa shape index (κ3) is 6.36. The molecule has 1 atom stereocenters. The van der Waals surface area contributed by atoms with Gasteiger partial charge in [0.15, 0.2) is 0 Å². The number of hydrogen-bond acceptors (Lipinski definition) is 9. The Bertz CT molecular complexity index is 109. The summed E-state index contributed by atoms with van der Waals surface area (Å²) in [5, 5.41) is 39.4. The maximum Gasteiger partial charge on any atom is 0.133 e. The van der Waals surface area contributed by atoms with Crippen LogP contribution in [0.3, 0.4) is 0 Å². The Morgan fingerprint density at radius 2 is 1.67 bits per heavy atom. The second kappa shape index (κ2) is 6.19. The van der Waals surface area contributed by atoms with Gasteiger partial charge in [0.25, 0.3) is 0 Å². The normalized spacial score (nSPS) is 14.2. The molecule has 9 heteroatoms. The van der Waals surface area contributed by atoms with Crippen molar-refractivity contribution in [2.45, 2.75) is 6.10 Å². The average Bonchev–Trinajstić information content (AvgIpc) is 1.97. The van der Waals surface area contributed by atoms with Crippen molar-refractivity contribution in [1.29, 1.82) is 0 Å². The van der Waals surface area contributed by atoms with E-state index in [0.29, 0.717) is 0 Å². The topological polar surface area (TPSA) is 126 Å². The van der Waals surface area contributed by atoms with Crippen molar-refractivity contribution >= 4 is 0 Å². The third-order valence-electron chi connectivity index (χ3n) is 0.823. The molecule has 9 nitrogen and oxygen atoms in total. The van der Waals surface area contributed by atoms with Crippen LogP contribution in [0, 0.1) is 0 Å². The molecule has 0 bridgehead atoms. The zero-order chi connectivity index (χ0) is 9.56. The van der Waals surface area contributed by atoms with E-state index in [1.807, 2.05) is 0 Å². The molecule has 74 valence electrons. The van der Waals surface area contributed by atoms with Crippen LogP contribution in [-0.2, 0) is 9.68 Å². The molecular weight excluding hydrogens is 176 g/mol. The predicted molar refractivity (Wildman–Crippen MR) is 28.7 cm³/mol. The van der Waals surface area contributed by atoms with Crippen LogP contribution in [0.4, 0.5) is 0 Å². The quantitative estimate of drug-likeness (QED) is 0.311. The summed E-state index contributed by atoms with van der Waals surface area (Å²) in [6.07, 6.45) is -1.12. The molecule has 0 rings (SSSR count). The lowest BCUT2D eigenvalue weighted by molar-refractivity contribution is -0.527. The van der Waals surface area contributed by atoms with Crippen LogP contribution < -0.4 is 0 Å². The molecular formula is C3H10N2O7. The Labute approximate surface area is 66.9 Å². The second-order valence-electron chi connectivity index (χ2n) is 1.71. The van der Waals surface area contributed by atoms with Crippen molar-refractivity contribution < 1.29 is 35.6 Å². The van der Waals surface area contributed by atoms with Gasteiger partial charge in [-0.3, -0.25) is 20.8 Å². The van der Waals surface area contributed by atoms with E-state index in [0.717, 1.165) is 0 Å². The first-order chi connectivity index (χ1) is 5.56. The van der Waals surface area contributed by atoms with Crippen molar-refractivity contribution in [2.24, 2.45) is 0 Å². The lowest BCUT2D eigenvalue weighted by Crippen LogP contribution is -2.33. The highest BCUT2D eigenvalue weighted by Crippen LogP contribution is 1.94. The summed E-state index contributed by atoms with van der Waals surface area (Å²) in [6.45, 7) is -1.06. The van der Waals surface area contributed by atoms with Crippen LogP contribution in [0.25, 0.3) is 0 Å². The predicted octanol–water partition coefficient (Wildman–Crippen LogP) is -1.63. The fraction of sp³-hybridized carbons (Fsp3) is 1.00. The number of aliphatic hydroxyl groups excluding tert-OH is 1. The molecule has 0 aliphatic rings. The minimum absolute atomic E-state index is 0.471. The summed E-state index contributed by atoms with van der Waals surface area (Å²) in [4.78, 5) is 8.08. The zero-order valence-electron chi connectivity index (χ0n) is 5.94. The van der Waals surface area contributed by atoms with Crippen molar-refractivity contribution in [3.8, 4) is 0 Å². The Morgan fingerprint density at radius 3 is 2.00 bits per heavy atom. The third-order valence-corrected chi connectivity index (χ3v) is 0.823. The molecule has 0 spiro atoms. The van der Waals surface area contributed by atoms with Crippen molar-refractivity contribution in [2.75, 3.05) is 13.2 Å². The summed E-state index contributed by atoms with van der Waals surface area (Å²) >= 11 is 0. The lowest BCUT2D eigenvalue weighted by Gasteiger charge is -2.16. The fourth-order valence-electron chi connectivity index (χ4n) is 0.400. The summed E-state index contributed by atoms with van der Waals surface area (Å²) in [5.74, 6) is 0. The molecule has 0 saturated heterocycles.